The first kappa shape index (κ1) is 13.6. The zero-order chi connectivity index (χ0) is 13.8. The Labute approximate surface area is 114 Å². The van der Waals surface area contributed by atoms with Crippen LogP contribution < -0.4 is 16.4 Å². The first-order valence-electron chi connectivity index (χ1n) is 6.95. The fraction of sp³-hybridized carbons (Fsp3) is 0.571. The van der Waals surface area contributed by atoms with E-state index in [-0.39, 0.29) is 0 Å². The van der Waals surface area contributed by atoms with Crippen LogP contribution in [-0.2, 0) is 0 Å². The zero-order valence-electron chi connectivity index (χ0n) is 11.4. The van der Waals surface area contributed by atoms with Crippen molar-refractivity contribution in [2.75, 3.05) is 17.2 Å². The molecular formula is C14H22N4O. The van der Waals surface area contributed by atoms with Gasteiger partial charge in [-0.3, -0.25) is 4.79 Å². The van der Waals surface area contributed by atoms with E-state index >= 15 is 0 Å². The van der Waals surface area contributed by atoms with E-state index in [2.05, 4.69) is 16.8 Å². The van der Waals surface area contributed by atoms with Gasteiger partial charge in [-0.05, 0) is 25.8 Å². The monoisotopic (exact) mass is 262 g/mol. The summed E-state index contributed by atoms with van der Waals surface area (Å²) in [5.74, 6) is 0.208. The number of hydrogen-bond acceptors (Lipinski definition) is 4. The number of primary amides is 1. The first-order chi connectivity index (χ1) is 9.13. The maximum Gasteiger partial charge on any atom is 0.252 e. The maximum absolute atomic E-state index is 11.6. The van der Waals surface area contributed by atoms with Crippen molar-refractivity contribution < 1.29 is 4.79 Å². The summed E-state index contributed by atoms with van der Waals surface area (Å²) in [5.41, 5.74) is 12.0. The zero-order valence-corrected chi connectivity index (χ0v) is 11.4. The highest BCUT2D eigenvalue weighted by molar-refractivity contribution is 5.98. The first-order valence-corrected chi connectivity index (χ1v) is 6.95. The molecule has 1 aromatic rings. The number of carbonyl (C=O) groups excluding carboxylic acids is 1. The minimum absolute atomic E-state index is 0.424. The number of anilines is 2. The summed E-state index contributed by atoms with van der Waals surface area (Å²) in [5, 5.41) is 0. The number of hydrogen-bond donors (Lipinski definition) is 2. The van der Waals surface area contributed by atoms with E-state index in [0.717, 1.165) is 19.4 Å². The van der Waals surface area contributed by atoms with E-state index in [0.29, 0.717) is 23.1 Å². The molecule has 0 aromatic carbocycles. The van der Waals surface area contributed by atoms with E-state index in [4.69, 9.17) is 11.5 Å². The highest BCUT2D eigenvalue weighted by Crippen LogP contribution is 2.28. The number of pyridine rings is 1. The molecule has 5 nitrogen and oxygen atoms in total. The van der Waals surface area contributed by atoms with Crippen LogP contribution in [0.5, 0.6) is 0 Å². The van der Waals surface area contributed by atoms with E-state index in [9.17, 15) is 4.79 Å². The Bertz CT molecular complexity index is 455. The highest BCUT2D eigenvalue weighted by Gasteiger charge is 2.24. The van der Waals surface area contributed by atoms with Crippen molar-refractivity contribution in [3.63, 3.8) is 0 Å². The normalized spacial score (nSPS) is 16.3. The molecule has 0 unspecified atom stereocenters. The van der Waals surface area contributed by atoms with Crippen LogP contribution in [0, 0.1) is 0 Å². The number of aromatic nitrogens is 1. The molecule has 0 bridgehead atoms. The van der Waals surface area contributed by atoms with Gasteiger partial charge in [-0.1, -0.05) is 19.3 Å². The van der Waals surface area contributed by atoms with Crippen molar-refractivity contribution in [2.24, 2.45) is 5.73 Å². The minimum atomic E-state index is -0.468. The lowest BCUT2D eigenvalue weighted by Crippen LogP contribution is -2.38. The van der Waals surface area contributed by atoms with Crippen LogP contribution in [0.25, 0.3) is 0 Å². The van der Waals surface area contributed by atoms with Crippen LogP contribution in [0.1, 0.15) is 49.4 Å². The van der Waals surface area contributed by atoms with Crippen molar-refractivity contribution in [1.82, 2.24) is 4.98 Å². The van der Waals surface area contributed by atoms with Gasteiger partial charge in [0.2, 0.25) is 0 Å². The summed E-state index contributed by atoms with van der Waals surface area (Å²) in [6.45, 7) is 2.90. The third-order valence-electron chi connectivity index (χ3n) is 3.78. The van der Waals surface area contributed by atoms with Gasteiger partial charge in [0.05, 0.1) is 17.4 Å². The number of rotatable bonds is 4. The Balaban J connectivity index is 2.34. The molecule has 4 N–H and O–H groups in total. The SMILES string of the molecule is CCN(c1ncc(N)cc1C(N)=O)C1CCCCC1. The van der Waals surface area contributed by atoms with Crippen molar-refractivity contribution in [3.05, 3.63) is 17.8 Å². The van der Waals surface area contributed by atoms with E-state index < -0.39 is 5.91 Å². The third kappa shape index (κ3) is 2.97. The predicted molar refractivity (Wildman–Crippen MR) is 77.1 cm³/mol. The molecule has 1 aromatic heterocycles. The molecule has 1 amide bonds. The van der Waals surface area contributed by atoms with E-state index in [1.807, 2.05) is 0 Å². The molecule has 1 saturated carbocycles. The molecule has 0 radical (unpaired) electrons. The molecule has 1 heterocycles. The Morgan fingerprint density at radius 3 is 2.68 bits per heavy atom. The number of nitrogens with two attached hydrogens (primary N) is 2. The molecule has 0 atom stereocenters. The fourth-order valence-electron chi connectivity index (χ4n) is 2.86. The van der Waals surface area contributed by atoms with Gasteiger partial charge >= 0.3 is 0 Å². The molecule has 0 saturated heterocycles. The molecule has 1 fully saturated rings. The largest absolute Gasteiger partial charge is 0.397 e. The van der Waals surface area contributed by atoms with Crippen LogP contribution in [-0.4, -0.2) is 23.5 Å². The van der Waals surface area contributed by atoms with Crippen molar-refractivity contribution >= 4 is 17.4 Å². The molecular weight excluding hydrogens is 240 g/mol. The summed E-state index contributed by atoms with van der Waals surface area (Å²) in [6, 6.07) is 2.07. The van der Waals surface area contributed by atoms with Gasteiger partial charge < -0.3 is 16.4 Å². The topological polar surface area (TPSA) is 85.2 Å². The lowest BCUT2D eigenvalue weighted by molar-refractivity contribution is 0.100. The predicted octanol–water partition coefficient (Wildman–Crippen LogP) is 1.92. The van der Waals surface area contributed by atoms with Crippen LogP contribution >= 0.6 is 0 Å². The highest BCUT2D eigenvalue weighted by atomic mass is 16.1. The van der Waals surface area contributed by atoms with Gasteiger partial charge in [0.1, 0.15) is 5.82 Å². The van der Waals surface area contributed by atoms with Crippen LogP contribution in [0.3, 0.4) is 0 Å². The second-order valence-electron chi connectivity index (χ2n) is 5.08. The van der Waals surface area contributed by atoms with Crippen molar-refractivity contribution in [3.8, 4) is 0 Å². The molecule has 0 aliphatic heterocycles. The Morgan fingerprint density at radius 2 is 2.11 bits per heavy atom. The number of nitrogens with zero attached hydrogens (tertiary/aromatic N) is 2. The molecule has 5 heteroatoms. The molecule has 2 rings (SSSR count). The molecule has 1 aliphatic carbocycles. The average molecular weight is 262 g/mol. The van der Waals surface area contributed by atoms with Crippen molar-refractivity contribution in [2.45, 2.75) is 45.1 Å². The lowest BCUT2D eigenvalue weighted by Gasteiger charge is -2.35. The second kappa shape index (κ2) is 5.91. The third-order valence-corrected chi connectivity index (χ3v) is 3.78. The second-order valence-corrected chi connectivity index (χ2v) is 5.08. The number of amides is 1. The molecule has 104 valence electrons. The molecule has 1 aliphatic rings. The van der Waals surface area contributed by atoms with E-state index in [1.165, 1.54) is 19.3 Å². The summed E-state index contributed by atoms with van der Waals surface area (Å²) in [6.07, 6.45) is 7.67. The lowest BCUT2D eigenvalue weighted by atomic mass is 9.94. The fourth-order valence-corrected chi connectivity index (χ4v) is 2.86. The molecule has 0 spiro atoms. The summed E-state index contributed by atoms with van der Waals surface area (Å²) in [4.78, 5) is 18.1. The summed E-state index contributed by atoms with van der Waals surface area (Å²) < 4.78 is 0. The van der Waals surface area contributed by atoms with Crippen LogP contribution in [0.4, 0.5) is 11.5 Å². The summed E-state index contributed by atoms with van der Waals surface area (Å²) in [7, 11) is 0. The maximum atomic E-state index is 11.6. The van der Waals surface area contributed by atoms with Crippen molar-refractivity contribution in [1.29, 1.82) is 0 Å². The van der Waals surface area contributed by atoms with Gasteiger partial charge in [0.15, 0.2) is 0 Å². The van der Waals surface area contributed by atoms with Crippen LogP contribution in [0.2, 0.25) is 0 Å². The van der Waals surface area contributed by atoms with Gasteiger partial charge in [-0.2, -0.15) is 0 Å². The summed E-state index contributed by atoms with van der Waals surface area (Å²) >= 11 is 0. The number of carbonyl (C=O) groups is 1. The number of nitrogen functional groups attached to an aromatic ring is 1. The Hall–Kier alpha value is -1.78. The minimum Gasteiger partial charge on any atom is -0.397 e. The Kier molecular flexibility index (Phi) is 4.24. The van der Waals surface area contributed by atoms with Crippen LogP contribution in [0.15, 0.2) is 12.3 Å². The van der Waals surface area contributed by atoms with E-state index in [1.54, 1.807) is 12.3 Å². The molecule has 19 heavy (non-hydrogen) atoms. The standard InChI is InChI=1S/C14H22N4O/c1-2-18(11-6-4-3-5-7-11)14-12(13(16)19)8-10(15)9-17-14/h8-9,11H,2-7,15H2,1H3,(H2,16,19). The van der Waals surface area contributed by atoms with Gasteiger partial charge in [-0.25, -0.2) is 4.98 Å². The quantitative estimate of drug-likeness (QED) is 0.868. The van der Waals surface area contributed by atoms with Gasteiger partial charge in [0, 0.05) is 12.6 Å². The van der Waals surface area contributed by atoms with Gasteiger partial charge in [-0.15, -0.1) is 0 Å². The smallest absolute Gasteiger partial charge is 0.252 e. The van der Waals surface area contributed by atoms with Gasteiger partial charge in [0.25, 0.3) is 5.91 Å². The average Bonchev–Trinajstić information content (AvgIpc) is 2.42. The Morgan fingerprint density at radius 1 is 1.42 bits per heavy atom.